The van der Waals surface area contributed by atoms with E-state index in [1.54, 1.807) is 48.5 Å². The summed E-state index contributed by atoms with van der Waals surface area (Å²) in [5.74, 6) is -0.542. The predicted molar refractivity (Wildman–Crippen MR) is 81.3 cm³/mol. The number of ketones is 1. The van der Waals surface area contributed by atoms with Crippen LogP contribution in [0.2, 0.25) is 0 Å². The standard InChI is InChI=1S/C17H15NO3/c1-21-17(20)14-9-5-6-10-15(14)18-12-11-16(19)13-7-3-2-4-8-13/h2-12,18H,1H3/b12-11-. The van der Waals surface area contributed by atoms with Crippen molar-refractivity contribution in [3.8, 4) is 0 Å². The van der Waals surface area contributed by atoms with Gasteiger partial charge in [-0.2, -0.15) is 0 Å². The lowest BCUT2D eigenvalue weighted by Gasteiger charge is -2.06. The first-order valence-electron chi connectivity index (χ1n) is 6.42. The van der Waals surface area contributed by atoms with E-state index in [0.717, 1.165) is 0 Å². The van der Waals surface area contributed by atoms with E-state index in [1.165, 1.54) is 19.4 Å². The summed E-state index contributed by atoms with van der Waals surface area (Å²) >= 11 is 0. The molecule has 0 spiro atoms. The lowest BCUT2D eigenvalue weighted by Crippen LogP contribution is -2.05. The highest BCUT2D eigenvalue weighted by Crippen LogP contribution is 2.16. The summed E-state index contributed by atoms with van der Waals surface area (Å²) in [7, 11) is 1.33. The van der Waals surface area contributed by atoms with Crippen molar-refractivity contribution in [3.63, 3.8) is 0 Å². The minimum Gasteiger partial charge on any atom is -0.465 e. The van der Waals surface area contributed by atoms with Gasteiger partial charge in [0, 0.05) is 17.8 Å². The molecule has 21 heavy (non-hydrogen) atoms. The molecule has 0 aliphatic heterocycles. The molecule has 2 rings (SSSR count). The SMILES string of the molecule is COC(=O)c1ccccc1N/C=C\C(=O)c1ccccc1. The maximum Gasteiger partial charge on any atom is 0.339 e. The number of hydrogen-bond acceptors (Lipinski definition) is 4. The number of methoxy groups -OCH3 is 1. The van der Waals surface area contributed by atoms with Crippen LogP contribution in [0.1, 0.15) is 20.7 Å². The number of benzene rings is 2. The Kier molecular flexibility index (Phi) is 4.88. The predicted octanol–water partition coefficient (Wildman–Crippen LogP) is 3.28. The number of hydrogen-bond donors (Lipinski definition) is 1. The molecule has 0 bridgehead atoms. The van der Waals surface area contributed by atoms with E-state index in [4.69, 9.17) is 4.74 Å². The van der Waals surface area contributed by atoms with Crippen LogP contribution < -0.4 is 5.32 Å². The number of allylic oxidation sites excluding steroid dienone is 1. The fourth-order valence-electron chi connectivity index (χ4n) is 1.80. The lowest BCUT2D eigenvalue weighted by molar-refractivity contribution is 0.0602. The van der Waals surface area contributed by atoms with Gasteiger partial charge in [-0.15, -0.1) is 0 Å². The van der Waals surface area contributed by atoms with E-state index in [0.29, 0.717) is 16.8 Å². The molecule has 0 atom stereocenters. The van der Waals surface area contributed by atoms with Crippen molar-refractivity contribution in [2.45, 2.75) is 0 Å². The number of esters is 1. The monoisotopic (exact) mass is 281 g/mol. The molecule has 0 heterocycles. The summed E-state index contributed by atoms with van der Waals surface area (Å²) in [5, 5.41) is 2.93. The molecule has 0 aliphatic rings. The Bertz CT molecular complexity index is 663. The van der Waals surface area contributed by atoms with Crippen molar-refractivity contribution in [1.82, 2.24) is 0 Å². The normalized spacial score (nSPS) is 10.3. The Hall–Kier alpha value is -2.88. The van der Waals surface area contributed by atoms with Gasteiger partial charge in [0.15, 0.2) is 5.78 Å². The zero-order valence-corrected chi connectivity index (χ0v) is 11.6. The van der Waals surface area contributed by atoms with E-state index < -0.39 is 5.97 Å². The smallest absolute Gasteiger partial charge is 0.339 e. The van der Waals surface area contributed by atoms with Gasteiger partial charge in [-0.25, -0.2) is 4.79 Å². The summed E-state index contributed by atoms with van der Waals surface area (Å²) in [6, 6.07) is 15.9. The van der Waals surface area contributed by atoms with Crippen LogP contribution >= 0.6 is 0 Å². The van der Waals surface area contributed by atoms with Crippen molar-refractivity contribution < 1.29 is 14.3 Å². The van der Waals surface area contributed by atoms with Gasteiger partial charge in [-0.05, 0) is 12.1 Å². The van der Waals surface area contributed by atoms with Crippen molar-refractivity contribution in [3.05, 3.63) is 78.0 Å². The van der Waals surface area contributed by atoms with Crippen LogP contribution in [0.3, 0.4) is 0 Å². The van der Waals surface area contributed by atoms with Gasteiger partial charge in [0.05, 0.1) is 18.4 Å². The molecular weight excluding hydrogens is 266 g/mol. The Morgan fingerprint density at radius 3 is 2.38 bits per heavy atom. The zero-order valence-electron chi connectivity index (χ0n) is 11.6. The molecule has 0 fully saturated rings. The van der Waals surface area contributed by atoms with Crippen LogP contribution in [-0.4, -0.2) is 18.9 Å². The number of anilines is 1. The van der Waals surface area contributed by atoms with Gasteiger partial charge in [0.1, 0.15) is 0 Å². The number of nitrogens with one attached hydrogen (secondary N) is 1. The fourth-order valence-corrected chi connectivity index (χ4v) is 1.80. The Morgan fingerprint density at radius 2 is 1.67 bits per heavy atom. The molecule has 4 heteroatoms. The van der Waals surface area contributed by atoms with E-state index >= 15 is 0 Å². The first-order chi connectivity index (χ1) is 10.2. The molecule has 0 radical (unpaired) electrons. The maximum absolute atomic E-state index is 11.9. The van der Waals surface area contributed by atoms with Crippen molar-refractivity contribution in [2.75, 3.05) is 12.4 Å². The van der Waals surface area contributed by atoms with Crippen molar-refractivity contribution in [2.24, 2.45) is 0 Å². The van der Waals surface area contributed by atoms with Crippen LogP contribution in [0.5, 0.6) is 0 Å². The summed E-state index contributed by atoms with van der Waals surface area (Å²) in [6.45, 7) is 0. The summed E-state index contributed by atoms with van der Waals surface area (Å²) < 4.78 is 4.70. The van der Waals surface area contributed by atoms with E-state index in [2.05, 4.69) is 5.32 Å². The third-order valence-corrected chi connectivity index (χ3v) is 2.86. The second-order valence-corrected chi connectivity index (χ2v) is 4.25. The quantitative estimate of drug-likeness (QED) is 0.519. The van der Waals surface area contributed by atoms with Gasteiger partial charge in [0.25, 0.3) is 0 Å². The minimum absolute atomic E-state index is 0.112. The van der Waals surface area contributed by atoms with Gasteiger partial charge in [-0.3, -0.25) is 4.79 Å². The van der Waals surface area contributed by atoms with Gasteiger partial charge in [-0.1, -0.05) is 42.5 Å². The fraction of sp³-hybridized carbons (Fsp3) is 0.0588. The zero-order chi connectivity index (χ0) is 15.1. The third kappa shape index (κ3) is 3.79. The molecule has 2 aromatic rings. The molecule has 0 saturated carbocycles. The topological polar surface area (TPSA) is 55.4 Å². The summed E-state index contributed by atoms with van der Waals surface area (Å²) in [6.07, 6.45) is 2.93. The van der Waals surface area contributed by atoms with E-state index in [9.17, 15) is 9.59 Å². The number of rotatable bonds is 5. The highest BCUT2D eigenvalue weighted by Gasteiger charge is 2.09. The lowest BCUT2D eigenvalue weighted by atomic mass is 10.1. The molecular formula is C17H15NO3. The van der Waals surface area contributed by atoms with E-state index in [-0.39, 0.29) is 5.78 Å². The first kappa shape index (κ1) is 14.5. The molecule has 4 nitrogen and oxygen atoms in total. The molecule has 0 unspecified atom stereocenters. The van der Waals surface area contributed by atoms with Crippen LogP contribution in [0.4, 0.5) is 5.69 Å². The van der Waals surface area contributed by atoms with Crippen LogP contribution in [0.15, 0.2) is 66.9 Å². The molecule has 1 N–H and O–H groups in total. The number of para-hydroxylation sites is 1. The summed E-state index contributed by atoms with van der Waals surface area (Å²) in [4.78, 5) is 23.5. The Morgan fingerprint density at radius 1 is 1.00 bits per heavy atom. The largest absolute Gasteiger partial charge is 0.465 e. The molecule has 106 valence electrons. The highest BCUT2D eigenvalue weighted by atomic mass is 16.5. The maximum atomic E-state index is 11.9. The van der Waals surface area contributed by atoms with Gasteiger partial charge >= 0.3 is 5.97 Å². The first-order valence-corrected chi connectivity index (χ1v) is 6.42. The third-order valence-electron chi connectivity index (χ3n) is 2.86. The number of ether oxygens (including phenoxy) is 1. The van der Waals surface area contributed by atoms with Crippen molar-refractivity contribution >= 4 is 17.4 Å². The molecule has 0 aliphatic carbocycles. The average Bonchev–Trinajstić information content (AvgIpc) is 2.55. The second-order valence-electron chi connectivity index (χ2n) is 4.25. The van der Waals surface area contributed by atoms with Crippen molar-refractivity contribution in [1.29, 1.82) is 0 Å². The second kappa shape index (κ2) is 7.05. The van der Waals surface area contributed by atoms with Gasteiger partial charge in [0.2, 0.25) is 0 Å². The molecule has 0 amide bonds. The highest BCUT2D eigenvalue weighted by molar-refractivity contribution is 6.04. The van der Waals surface area contributed by atoms with E-state index in [1.807, 2.05) is 6.07 Å². The Labute approximate surface area is 123 Å². The molecule has 0 saturated heterocycles. The van der Waals surface area contributed by atoms with Crippen LogP contribution in [-0.2, 0) is 4.74 Å². The minimum atomic E-state index is -0.430. The van der Waals surface area contributed by atoms with Crippen LogP contribution in [0.25, 0.3) is 0 Å². The van der Waals surface area contributed by atoms with Crippen LogP contribution in [0, 0.1) is 0 Å². The Balaban J connectivity index is 2.08. The number of carbonyl (C=O) groups excluding carboxylic acids is 2. The average molecular weight is 281 g/mol. The van der Waals surface area contributed by atoms with Gasteiger partial charge < -0.3 is 10.1 Å². The summed E-state index contributed by atoms with van der Waals surface area (Å²) in [5.41, 5.74) is 1.61. The molecule has 0 aromatic heterocycles. The molecule has 2 aromatic carbocycles. The number of carbonyl (C=O) groups is 2.